The SMILES string of the molecule is CNCc1cn(C(C)C)c2nc(C(C)C)nc(C)c12. The smallest absolute Gasteiger partial charge is 0.144 e. The van der Waals surface area contributed by atoms with E-state index in [1.807, 2.05) is 7.05 Å². The Labute approximate surface area is 115 Å². The highest BCUT2D eigenvalue weighted by Crippen LogP contribution is 2.27. The highest BCUT2D eigenvalue weighted by Gasteiger charge is 2.16. The van der Waals surface area contributed by atoms with Crippen molar-refractivity contribution in [1.29, 1.82) is 0 Å². The van der Waals surface area contributed by atoms with Gasteiger partial charge in [-0.15, -0.1) is 0 Å². The summed E-state index contributed by atoms with van der Waals surface area (Å²) in [5.74, 6) is 1.28. The van der Waals surface area contributed by atoms with Crippen LogP contribution in [0, 0.1) is 6.92 Å². The molecule has 19 heavy (non-hydrogen) atoms. The number of hydrogen-bond acceptors (Lipinski definition) is 3. The quantitative estimate of drug-likeness (QED) is 0.918. The van der Waals surface area contributed by atoms with E-state index in [0.717, 1.165) is 23.7 Å². The maximum Gasteiger partial charge on any atom is 0.144 e. The maximum absolute atomic E-state index is 4.78. The van der Waals surface area contributed by atoms with Gasteiger partial charge in [0, 0.05) is 30.1 Å². The lowest BCUT2D eigenvalue weighted by Gasteiger charge is -2.11. The molecule has 2 aromatic rings. The molecule has 0 aliphatic rings. The van der Waals surface area contributed by atoms with Crippen LogP contribution in [0.4, 0.5) is 0 Å². The third-order valence-corrected chi connectivity index (χ3v) is 3.39. The Bertz CT molecular complexity index is 581. The van der Waals surface area contributed by atoms with Crippen molar-refractivity contribution in [3.05, 3.63) is 23.3 Å². The molecule has 0 amide bonds. The first kappa shape index (κ1) is 14.0. The van der Waals surface area contributed by atoms with E-state index in [-0.39, 0.29) is 0 Å². The van der Waals surface area contributed by atoms with Gasteiger partial charge < -0.3 is 9.88 Å². The van der Waals surface area contributed by atoms with Gasteiger partial charge in [0.1, 0.15) is 11.5 Å². The molecule has 104 valence electrons. The standard InChI is InChI=1S/C15H24N4/c1-9(2)14-17-11(5)13-12(7-16-6)8-19(10(3)4)15(13)18-14/h8-10,16H,7H2,1-6H3. The van der Waals surface area contributed by atoms with Crippen LogP contribution >= 0.6 is 0 Å². The van der Waals surface area contributed by atoms with Crippen LogP contribution in [0.2, 0.25) is 0 Å². The van der Waals surface area contributed by atoms with E-state index in [2.05, 4.69) is 55.7 Å². The molecule has 0 radical (unpaired) electrons. The molecule has 0 aliphatic carbocycles. The van der Waals surface area contributed by atoms with E-state index in [9.17, 15) is 0 Å². The molecule has 4 nitrogen and oxygen atoms in total. The molecule has 2 rings (SSSR count). The lowest BCUT2D eigenvalue weighted by Crippen LogP contribution is -2.06. The van der Waals surface area contributed by atoms with Gasteiger partial charge in [-0.2, -0.15) is 0 Å². The number of nitrogens with one attached hydrogen (secondary N) is 1. The molecular formula is C15H24N4. The first-order valence-corrected chi connectivity index (χ1v) is 6.98. The zero-order valence-electron chi connectivity index (χ0n) is 12.8. The van der Waals surface area contributed by atoms with Crippen molar-refractivity contribution in [3.63, 3.8) is 0 Å². The number of aromatic nitrogens is 3. The molecule has 0 atom stereocenters. The fraction of sp³-hybridized carbons (Fsp3) is 0.600. The fourth-order valence-electron chi connectivity index (χ4n) is 2.41. The van der Waals surface area contributed by atoms with Crippen molar-refractivity contribution in [1.82, 2.24) is 19.9 Å². The second kappa shape index (κ2) is 5.29. The average Bonchev–Trinajstić information content (AvgIpc) is 2.69. The molecule has 4 heteroatoms. The molecule has 0 saturated heterocycles. The average molecular weight is 260 g/mol. The summed E-state index contributed by atoms with van der Waals surface area (Å²) in [5.41, 5.74) is 3.42. The summed E-state index contributed by atoms with van der Waals surface area (Å²) in [4.78, 5) is 9.45. The number of nitrogens with zero attached hydrogens (tertiary/aromatic N) is 3. The van der Waals surface area contributed by atoms with Crippen LogP contribution < -0.4 is 5.32 Å². The Hall–Kier alpha value is -1.42. The minimum absolute atomic E-state index is 0.353. The van der Waals surface area contributed by atoms with Crippen molar-refractivity contribution in [2.45, 2.75) is 53.1 Å². The highest BCUT2D eigenvalue weighted by molar-refractivity contribution is 5.83. The van der Waals surface area contributed by atoms with Gasteiger partial charge in [0.2, 0.25) is 0 Å². The minimum Gasteiger partial charge on any atom is -0.330 e. The minimum atomic E-state index is 0.353. The van der Waals surface area contributed by atoms with E-state index in [1.54, 1.807) is 0 Å². The summed E-state index contributed by atoms with van der Waals surface area (Å²) in [6.07, 6.45) is 2.21. The number of hydrogen-bond donors (Lipinski definition) is 1. The van der Waals surface area contributed by atoms with Crippen LogP contribution in [0.15, 0.2) is 6.20 Å². The molecule has 0 aromatic carbocycles. The van der Waals surface area contributed by atoms with Gasteiger partial charge in [0.15, 0.2) is 0 Å². The van der Waals surface area contributed by atoms with Crippen LogP contribution in [-0.4, -0.2) is 21.6 Å². The first-order chi connectivity index (χ1) is 8.95. The van der Waals surface area contributed by atoms with Crippen molar-refractivity contribution in [2.24, 2.45) is 0 Å². The molecule has 0 spiro atoms. The summed E-state index contributed by atoms with van der Waals surface area (Å²) in [7, 11) is 1.97. The van der Waals surface area contributed by atoms with E-state index >= 15 is 0 Å². The van der Waals surface area contributed by atoms with Crippen molar-refractivity contribution < 1.29 is 0 Å². The zero-order chi connectivity index (χ0) is 14.2. The molecular weight excluding hydrogens is 236 g/mol. The summed E-state index contributed by atoms with van der Waals surface area (Å²) in [6, 6.07) is 0.405. The predicted molar refractivity (Wildman–Crippen MR) is 79.5 cm³/mol. The monoisotopic (exact) mass is 260 g/mol. The third kappa shape index (κ3) is 2.50. The van der Waals surface area contributed by atoms with E-state index in [1.165, 1.54) is 10.9 Å². The third-order valence-electron chi connectivity index (χ3n) is 3.39. The Morgan fingerprint density at radius 1 is 1.21 bits per heavy atom. The largest absolute Gasteiger partial charge is 0.330 e. The summed E-state index contributed by atoms with van der Waals surface area (Å²) in [5, 5.41) is 4.43. The van der Waals surface area contributed by atoms with Gasteiger partial charge in [-0.3, -0.25) is 0 Å². The van der Waals surface area contributed by atoms with Crippen molar-refractivity contribution in [3.8, 4) is 0 Å². The molecule has 0 aliphatic heterocycles. The molecule has 2 heterocycles. The summed E-state index contributed by atoms with van der Waals surface area (Å²) < 4.78 is 2.25. The van der Waals surface area contributed by atoms with Crippen LogP contribution in [0.25, 0.3) is 11.0 Å². The molecule has 0 unspecified atom stereocenters. The number of rotatable bonds is 4. The Kier molecular flexibility index (Phi) is 3.90. The Morgan fingerprint density at radius 3 is 2.42 bits per heavy atom. The van der Waals surface area contributed by atoms with Crippen LogP contribution in [0.5, 0.6) is 0 Å². The molecule has 0 bridgehead atoms. The van der Waals surface area contributed by atoms with Gasteiger partial charge in [0.05, 0.1) is 5.69 Å². The zero-order valence-corrected chi connectivity index (χ0v) is 12.8. The van der Waals surface area contributed by atoms with E-state index < -0.39 is 0 Å². The van der Waals surface area contributed by atoms with Crippen molar-refractivity contribution >= 4 is 11.0 Å². The summed E-state index contributed by atoms with van der Waals surface area (Å²) in [6.45, 7) is 11.6. The first-order valence-electron chi connectivity index (χ1n) is 6.98. The Morgan fingerprint density at radius 2 is 1.89 bits per heavy atom. The van der Waals surface area contributed by atoms with E-state index in [4.69, 9.17) is 4.98 Å². The molecule has 2 aromatic heterocycles. The van der Waals surface area contributed by atoms with Crippen molar-refractivity contribution in [2.75, 3.05) is 7.05 Å². The number of fused-ring (bicyclic) bond motifs is 1. The lowest BCUT2D eigenvalue weighted by molar-refractivity contribution is 0.612. The van der Waals surface area contributed by atoms with Gasteiger partial charge in [-0.1, -0.05) is 13.8 Å². The Balaban J connectivity index is 2.74. The van der Waals surface area contributed by atoms with Crippen LogP contribution in [0.1, 0.15) is 56.7 Å². The normalized spacial score (nSPS) is 12.0. The molecule has 1 N–H and O–H groups in total. The topological polar surface area (TPSA) is 42.7 Å². The fourth-order valence-corrected chi connectivity index (χ4v) is 2.41. The summed E-state index contributed by atoms with van der Waals surface area (Å²) >= 11 is 0. The predicted octanol–water partition coefficient (Wildman–Crippen LogP) is 3.16. The highest BCUT2D eigenvalue weighted by atomic mass is 15.1. The molecule has 0 fully saturated rings. The van der Waals surface area contributed by atoms with Gasteiger partial charge in [-0.05, 0) is 33.4 Å². The lowest BCUT2D eigenvalue weighted by atomic mass is 10.1. The van der Waals surface area contributed by atoms with Crippen LogP contribution in [-0.2, 0) is 6.54 Å². The van der Waals surface area contributed by atoms with Crippen LogP contribution in [0.3, 0.4) is 0 Å². The van der Waals surface area contributed by atoms with Gasteiger partial charge >= 0.3 is 0 Å². The van der Waals surface area contributed by atoms with E-state index in [0.29, 0.717) is 12.0 Å². The second-order valence-electron chi connectivity index (χ2n) is 5.71. The van der Waals surface area contributed by atoms with Gasteiger partial charge in [-0.25, -0.2) is 9.97 Å². The molecule has 0 saturated carbocycles. The second-order valence-corrected chi connectivity index (χ2v) is 5.71. The maximum atomic E-state index is 4.78. The van der Waals surface area contributed by atoms with Gasteiger partial charge in [0.25, 0.3) is 0 Å². The number of aryl methyl sites for hydroxylation is 1.